The molecule has 0 fully saturated rings. The van der Waals surface area contributed by atoms with Crippen LogP contribution in [0.4, 0.5) is 0 Å². The fourth-order valence-electron chi connectivity index (χ4n) is 6.12. The van der Waals surface area contributed by atoms with Gasteiger partial charge in [-0.05, 0) is 63.8 Å². The van der Waals surface area contributed by atoms with Crippen LogP contribution in [0.3, 0.4) is 0 Å². The molecule has 2 atom stereocenters. The zero-order valence-corrected chi connectivity index (χ0v) is 23.3. The van der Waals surface area contributed by atoms with Crippen molar-refractivity contribution < 1.29 is 23.4 Å². The summed E-state index contributed by atoms with van der Waals surface area (Å²) in [7, 11) is 0. The van der Waals surface area contributed by atoms with Gasteiger partial charge in [-0.1, -0.05) is 26.0 Å². The number of benzene rings is 2. The van der Waals surface area contributed by atoms with Gasteiger partial charge in [-0.25, -0.2) is 9.59 Å². The minimum atomic E-state index is -0.745. The molecule has 0 radical (unpaired) electrons. The molecule has 2 aliphatic heterocycles. The van der Waals surface area contributed by atoms with E-state index in [1.165, 1.54) is 18.2 Å². The predicted molar refractivity (Wildman–Crippen MR) is 155 cm³/mol. The average Bonchev–Trinajstić information content (AvgIpc) is 2.86. The van der Waals surface area contributed by atoms with Gasteiger partial charge in [0.05, 0.1) is 5.39 Å². The van der Waals surface area contributed by atoms with Gasteiger partial charge in [0.2, 0.25) is 0 Å². The molecular weight excluding hydrogens is 508 g/mol. The van der Waals surface area contributed by atoms with Crippen LogP contribution < -0.4 is 20.7 Å². The normalized spacial score (nSPS) is 21.7. The number of allylic oxidation sites excluding steroid dienone is 1. The first kappa shape index (κ1) is 26.0. The molecule has 0 spiro atoms. The van der Waals surface area contributed by atoms with Gasteiger partial charge in [0.15, 0.2) is 0 Å². The highest BCUT2D eigenvalue weighted by atomic mass is 16.5. The van der Waals surface area contributed by atoms with Crippen molar-refractivity contribution in [1.29, 1.82) is 0 Å². The average molecular weight is 541 g/mol. The smallest absolute Gasteiger partial charge is 0.336 e. The number of ether oxygens (including phenoxy) is 2. The molecule has 0 saturated heterocycles. The summed E-state index contributed by atoms with van der Waals surface area (Å²) < 4.78 is 24.4. The fourth-order valence-corrected chi connectivity index (χ4v) is 6.12. The first-order chi connectivity index (χ1) is 18.8. The molecule has 7 heteroatoms. The molecule has 4 aromatic rings. The van der Waals surface area contributed by atoms with Crippen molar-refractivity contribution in [2.75, 3.05) is 0 Å². The quantitative estimate of drug-likeness (QED) is 0.220. The molecule has 2 aromatic heterocycles. The summed E-state index contributed by atoms with van der Waals surface area (Å²) >= 11 is 0. The van der Waals surface area contributed by atoms with Crippen LogP contribution in [0, 0.1) is 0 Å². The van der Waals surface area contributed by atoms with E-state index in [4.69, 9.17) is 18.3 Å². The Kier molecular flexibility index (Phi) is 5.60. The minimum absolute atomic E-state index is 0.00378. The van der Waals surface area contributed by atoms with Crippen molar-refractivity contribution in [3.63, 3.8) is 0 Å². The molecule has 1 N–H and O–H groups in total. The number of hydrogen-bond donors (Lipinski definition) is 1. The van der Waals surface area contributed by atoms with Crippen LogP contribution >= 0.6 is 0 Å². The first-order valence-corrected chi connectivity index (χ1v) is 13.4. The Morgan fingerprint density at radius 1 is 0.975 bits per heavy atom. The summed E-state index contributed by atoms with van der Waals surface area (Å²) in [5.41, 5.74) is 0.435. The van der Waals surface area contributed by atoms with Gasteiger partial charge in [0, 0.05) is 45.7 Å². The zero-order chi connectivity index (χ0) is 28.6. The summed E-state index contributed by atoms with van der Waals surface area (Å²) in [5, 5.41) is 12.1. The third-order valence-electron chi connectivity index (χ3n) is 8.07. The van der Waals surface area contributed by atoms with Crippen LogP contribution in [0.1, 0.15) is 70.1 Å². The predicted octanol–water partition coefficient (Wildman–Crippen LogP) is 6.97. The molecule has 0 aliphatic carbocycles. The molecule has 40 heavy (non-hydrogen) atoms. The van der Waals surface area contributed by atoms with E-state index in [0.717, 1.165) is 17.5 Å². The van der Waals surface area contributed by atoms with Crippen molar-refractivity contribution in [1.82, 2.24) is 0 Å². The second-order valence-corrected chi connectivity index (χ2v) is 12.3. The highest BCUT2D eigenvalue weighted by Gasteiger charge is 2.47. The van der Waals surface area contributed by atoms with Crippen molar-refractivity contribution in [2.24, 2.45) is 0 Å². The lowest BCUT2D eigenvalue weighted by molar-refractivity contribution is 0.0319. The molecular formula is C33H32O7. The summed E-state index contributed by atoms with van der Waals surface area (Å²) in [4.78, 5) is 24.0. The van der Waals surface area contributed by atoms with Crippen LogP contribution in [-0.4, -0.2) is 16.3 Å². The standard InChI is InChI=1S/C33H32O7/c1-7-31(2,3)27-29-21(9-11-25(36)38-29)28-26-20(16-32(4,5)39-30(26)27)17-33(6,40-28)13-12-18-14-19-8-10-24(35)37-23(19)15-22(18)34/h7-15,20,34H,1,16-17H2,2-6H3/b13-12+/t20-,33-/m0/s1. The third kappa shape index (κ3) is 4.21. The topological polar surface area (TPSA) is 99.1 Å². The van der Waals surface area contributed by atoms with Gasteiger partial charge in [-0.15, -0.1) is 6.58 Å². The maximum atomic E-state index is 12.4. The molecule has 0 unspecified atom stereocenters. The van der Waals surface area contributed by atoms with E-state index in [-0.39, 0.29) is 11.7 Å². The second kappa shape index (κ2) is 8.62. The number of phenolic OH excluding ortho intramolecular Hbond substituents is 1. The molecule has 6 rings (SSSR count). The number of fused-ring (bicyclic) bond motifs is 3. The van der Waals surface area contributed by atoms with Crippen LogP contribution in [0.5, 0.6) is 17.2 Å². The van der Waals surface area contributed by atoms with Gasteiger partial charge in [0.1, 0.15) is 39.6 Å². The van der Waals surface area contributed by atoms with Gasteiger partial charge >= 0.3 is 11.3 Å². The fraction of sp³-hybridized carbons (Fsp3) is 0.333. The maximum Gasteiger partial charge on any atom is 0.336 e. The number of hydrogen-bond acceptors (Lipinski definition) is 7. The van der Waals surface area contributed by atoms with Crippen LogP contribution in [-0.2, 0) is 5.41 Å². The summed E-state index contributed by atoms with van der Waals surface area (Å²) in [6.45, 7) is 14.3. The van der Waals surface area contributed by atoms with Gasteiger partial charge in [-0.3, -0.25) is 0 Å². The van der Waals surface area contributed by atoms with Crippen LogP contribution in [0.2, 0.25) is 0 Å². The highest BCUT2D eigenvalue weighted by molar-refractivity contribution is 5.92. The molecule has 7 nitrogen and oxygen atoms in total. The molecule has 0 saturated carbocycles. The second-order valence-electron chi connectivity index (χ2n) is 12.3. The van der Waals surface area contributed by atoms with Gasteiger partial charge in [-0.2, -0.15) is 0 Å². The van der Waals surface area contributed by atoms with E-state index in [2.05, 4.69) is 20.4 Å². The van der Waals surface area contributed by atoms with E-state index >= 15 is 0 Å². The Balaban J connectivity index is 1.53. The van der Waals surface area contributed by atoms with E-state index in [9.17, 15) is 14.7 Å². The molecule has 2 aliphatic rings. The minimum Gasteiger partial charge on any atom is -0.507 e. The van der Waals surface area contributed by atoms with Crippen molar-refractivity contribution >= 4 is 28.0 Å². The van der Waals surface area contributed by atoms with E-state index in [1.54, 1.807) is 18.2 Å². The van der Waals surface area contributed by atoms with Gasteiger partial charge in [0.25, 0.3) is 0 Å². The highest BCUT2D eigenvalue weighted by Crippen LogP contribution is 2.58. The lowest BCUT2D eigenvalue weighted by atomic mass is 9.72. The number of rotatable bonds is 4. The molecule has 0 amide bonds. The van der Waals surface area contributed by atoms with Crippen LogP contribution in [0.15, 0.2) is 73.6 Å². The van der Waals surface area contributed by atoms with Crippen molar-refractivity contribution in [3.05, 3.63) is 92.7 Å². The Labute approximate surface area is 231 Å². The largest absolute Gasteiger partial charge is 0.507 e. The van der Waals surface area contributed by atoms with Crippen molar-refractivity contribution in [2.45, 2.75) is 70.0 Å². The van der Waals surface area contributed by atoms with E-state index in [0.29, 0.717) is 45.4 Å². The lowest BCUT2D eigenvalue weighted by Gasteiger charge is -2.47. The SMILES string of the molecule is C=CC(C)(C)c1c2c3c(c4ccc(=O)oc14)O[C@@](C)(/C=C/c1cc4ccc(=O)oc4cc1O)C[C@@H]3CC(C)(C)O2. The van der Waals surface area contributed by atoms with Crippen LogP contribution in [0.25, 0.3) is 28.0 Å². The first-order valence-electron chi connectivity index (χ1n) is 13.4. The van der Waals surface area contributed by atoms with E-state index < -0.39 is 27.9 Å². The summed E-state index contributed by atoms with van der Waals surface area (Å²) in [6.07, 6.45) is 7.07. The maximum absolute atomic E-state index is 12.4. The van der Waals surface area contributed by atoms with E-state index in [1.807, 2.05) is 39.0 Å². The Bertz CT molecular complexity index is 1850. The summed E-state index contributed by atoms with van der Waals surface area (Å²) in [6, 6.07) is 9.41. The molecule has 206 valence electrons. The molecule has 4 heterocycles. The monoisotopic (exact) mass is 540 g/mol. The lowest BCUT2D eigenvalue weighted by Crippen LogP contribution is -2.43. The number of phenols is 1. The Morgan fingerprint density at radius 3 is 2.45 bits per heavy atom. The third-order valence-corrected chi connectivity index (χ3v) is 8.07. The molecule has 0 bridgehead atoms. The Hall–Kier alpha value is -4.26. The zero-order valence-electron chi connectivity index (χ0n) is 23.3. The molecule has 2 aromatic carbocycles. The summed E-state index contributed by atoms with van der Waals surface area (Å²) in [5.74, 6) is 1.44. The number of aromatic hydroxyl groups is 1. The van der Waals surface area contributed by atoms with Crippen molar-refractivity contribution in [3.8, 4) is 17.2 Å². The van der Waals surface area contributed by atoms with Gasteiger partial charge < -0.3 is 23.4 Å². The Morgan fingerprint density at radius 2 is 1.70 bits per heavy atom.